The van der Waals surface area contributed by atoms with Crippen LogP contribution in [0.5, 0.6) is 0 Å². The second kappa shape index (κ2) is 8.79. The fraction of sp³-hybridized carbons (Fsp3) is 0.346. The molecule has 0 unspecified atom stereocenters. The molecule has 1 amide bonds. The molecule has 3 heteroatoms. The first-order valence-corrected chi connectivity index (χ1v) is 10.3. The summed E-state index contributed by atoms with van der Waals surface area (Å²) in [5.74, 6) is -0.179. The van der Waals surface area contributed by atoms with Gasteiger partial charge in [0.15, 0.2) is 0 Å². The quantitative estimate of drug-likeness (QED) is 0.461. The van der Waals surface area contributed by atoms with E-state index in [0.717, 1.165) is 21.9 Å². The highest BCUT2D eigenvalue weighted by Gasteiger charge is 2.31. The van der Waals surface area contributed by atoms with E-state index < -0.39 is 5.60 Å². The van der Waals surface area contributed by atoms with E-state index in [1.54, 1.807) is 5.06 Å². The zero-order valence-corrected chi connectivity index (χ0v) is 18.1. The van der Waals surface area contributed by atoms with Crippen LogP contribution in [0.25, 0.3) is 10.8 Å². The number of rotatable bonds is 6. The van der Waals surface area contributed by atoms with Gasteiger partial charge in [0, 0.05) is 5.92 Å². The van der Waals surface area contributed by atoms with Gasteiger partial charge < -0.3 is 0 Å². The summed E-state index contributed by atoms with van der Waals surface area (Å²) in [6.07, 6.45) is 0.686. The molecule has 0 saturated carbocycles. The van der Waals surface area contributed by atoms with Gasteiger partial charge in [-0.2, -0.15) is 0 Å². The minimum absolute atomic E-state index is 0.00390. The van der Waals surface area contributed by atoms with E-state index in [2.05, 4.69) is 36.4 Å². The number of hydroxylamine groups is 2. The van der Waals surface area contributed by atoms with E-state index in [1.807, 2.05) is 71.0 Å². The topological polar surface area (TPSA) is 29.5 Å². The highest BCUT2D eigenvalue weighted by Crippen LogP contribution is 2.31. The Morgan fingerprint density at radius 1 is 0.897 bits per heavy atom. The van der Waals surface area contributed by atoms with Crippen LogP contribution in [0.1, 0.15) is 51.8 Å². The van der Waals surface area contributed by atoms with Crippen molar-refractivity contribution in [3.05, 3.63) is 83.9 Å². The van der Waals surface area contributed by atoms with Gasteiger partial charge in [-0.15, -0.1) is 0 Å². The Balaban J connectivity index is 1.92. The van der Waals surface area contributed by atoms with Crippen LogP contribution in [0.15, 0.2) is 72.8 Å². The molecule has 0 fully saturated rings. The molecule has 2 atom stereocenters. The molecule has 0 bridgehead atoms. The number of hydrogen-bond donors (Lipinski definition) is 0. The normalized spacial score (nSPS) is 13.8. The summed E-state index contributed by atoms with van der Waals surface area (Å²) in [6, 6.07) is 24.4. The molecule has 3 aromatic carbocycles. The van der Waals surface area contributed by atoms with E-state index in [-0.39, 0.29) is 17.9 Å². The van der Waals surface area contributed by atoms with Crippen LogP contribution in [-0.2, 0) is 16.1 Å². The Labute approximate surface area is 174 Å². The van der Waals surface area contributed by atoms with Crippen LogP contribution in [0.2, 0.25) is 0 Å². The number of hydrogen-bond acceptors (Lipinski definition) is 2. The molecule has 0 aromatic heterocycles. The largest absolute Gasteiger partial charge is 0.272 e. The van der Waals surface area contributed by atoms with Crippen molar-refractivity contribution in [2.24, 2.45) is 5.92 Å². The van der Waals surface area contributed by atoms with Crippen molar-refractivity contribution in [2.45, 2.75) is 52.7 Å². The lowest BCUT2D eigenvalue weighted by molar-refractivity contribution is -0.244. The fourth-order valence-corrected chi connectivity index (χ4v) is 3.62. The smallest absolute Gasteiger partial charge is 0.249 e. The van der Waals surface area contributed by atoms with Gasteiger partial charge in [0.05, 0.1) is 11.6 Å². The average molecular weight is 390 g/mol. The molecule has 0 saturated heterocycles. The van der Waals surface area contributed by atoms with E-state index in [9.17, 15) is 4.79 Å². The maximum Gasteiger partial charge on any atom is 0.249 e. The molecule has 0 radical (unpaired) electrons. The average Bonchev–Trinajstić information content (AvgIpc) is 2.70. The Hall–Kier alpha value is -2.65. The van der Waals surface area contributed by atoms with Crippen molar-refractivity contribution in [1.82, 2.24) is 5.06 Å². The standard InChI is InChI=1S/C26H31NO2/c1-19(18-21-12-7-6-8-13-21)25(28)27(29-26(3,4)5)20(2)23-17-11-15-22-14-9-10-16-24(22)23/h6-17,19-20H,18H2,1-5H3/t19-,20-/m1/s1. The third kappa shape index (κ3) is 5.24. The molecule has 29 heavy (non-hydrogen) atoms. The van der Waals surface area contributed by atoms with Crippen molar-refractivity contribution in [3.63, 3.8) is 0 Å². The summed E-state index contributed by atoms with van der Waals surface area (Å²) < 4.78 is 0. The summed E-state index contributed by atoms with van der Waals surface area (Å²) in [5.41, 5.74) is 1.77. The van der Waals surface area contributed by atoms with Crippen molar-refractivity contribution < 1.29 is 9.63 Å². The molecular formula is C26H31NO2. The summed E-state index contributed by atoms with van der Waals surface area (Å²) >= 11 is 0. The van der Waals surface area contributed by atoms with Crippen molar-refractivity contribution in [2.75, 3.05) is 0 Å². The van der Waals surface area contributed by atoms with Crippen LogP contribution in [0.3, 0.4) is 0 Å². The van der Waals surface area contributed by atoms with Crippen molar-refractivity contribution in [1.29, 1.82) is 0 Å². The SMILES string of the molecule is C[C@H](Cc1ccccc1)C(=O)N(OC(C)(C)C)[C@H](C)c1cccc2ccccc12. The van der Waals surface area contributed by atoms with E-state index in [4.69, 9.17) is 4.84 Å². The summed E-state index contributed by atoms with van der Waals surface area (Å²) in [5, 5.41) is 3.90. The van der Waals surface area contributed by atoms with Crippen LogP contribution in [0.4, 0.5) is 0 Å². The molecular weight excluding hydrogens is 358 g/mol. The molecule has 3 rings (SSSR count). The summed E-state index contributed by atoms with van der Waals surface area (Å²) in [4.78, 5) is 19.7. The number of nitrogens with zero attached hydrogens (tertiary/aromatic N) is 1. The molecule has 3 aromatic rings. The molecule has 0 spiro atoms. The van der Waals surface area contributed by atoms with Gasteiger partial charge in [-0.3, -0.25) is 9.63 Å². The third-order valence-electron chi connectivity index (χ3n) is 5.02. The third-order valence-corrected chi connectivity index (χ3v) is 5.02. The van der Waals surface area contributed by atoms with Gasteiger partial charge in [0.1, 0.15) is 0 Å². The fourth-order valence-electron chi connectivity index (χ4n) is 3.62. The first-order valence-electron chi connectivity index (χ1n) is 10.3. The van der Waals surface area contributed by atoms with Crippen LogP contribution in [0, 0.1) is 5.92 Å². The Bertz CT molecular complexity index is 954. The molecule has 0 heterocycles. The Morgan fingerprint density at radius 2 is 1.52 bits per heavy atom. The number of amides is 1. The zero-order chi connectivity index (χ0) is 21.0. The summed E-state index contributed by atoms with van der Waals surface area (Å²) in [6.45, 7) is 9.95. The lowest BCUT2D eigenvalue weighted by Crippen LogP contribution is -2.43. The van der Waals surface area contributed by atoms with Crippen LogP contribution >= 0.6 is 0 Å². The number of fused-ring (bicyclic) bond motifs is 1. The molecule has 3 nitrogen and oxygen atoms in total. The Morgan fingerprint density at radius 3 is 2.21 bits per heavy atom. The number of benzene rings is 3. The predicted molar refractivity (Wildman–Crippen MR) is 119 cm³/mol. The highest BCUT2D eigenvalue weighted by molar-refractivity contribution is 5.87. The number of carbonyl (C=O) groups is 1. The van der Waals surface area contributed by atoms with Gasteiger partial charge in [-0.1, -0.05) is 79.7 Å². The van der Waals surface area contributed by atoms with E-state index in [1.165, 1.54) is 0 Å². The van der Waals surface area contributed by atoms with Crippen LogP contribution in [-0.4, -0.2) is 16.6 Å². The van der Waals surface area contributed by atoms with Gasteiger partial charge in [-0.05, 0) is 56.0 Å². The highest BCUT2D eigenvalue weighted by atomic mass is 16.7. The van der Waals surface area contributed by atoms with Gasteiger partial charge >= 0.3 is 0 Å². The second-order valence-corrected chi connectivity index (χ2v) is 8.70. The monoisotopic (exact) mass is 389 g/mol. The van der Waals surface area contributed by atoms with Crippen LogP contribution < -0.4 is 0 Å². The molecule has 0 aliphatic rings. The predicted octanol–water partition coefficient (Wildman–Crippen LogP) is 6.34. The molecule has 0 aliphatic heterocycles. The van der Waals surface area contributed by atoms with E-state index in [0.29, 0.717) is 6.42 Å². The minimum Gasteiger partial charge on any atom is -0.272 e. The van der Waals surface area contributed by atoms with Crippen molar-refractivity contribution in [3.8, 4) is 0 Å². The second-order valence-electron chi connectivity index (χ2n) is 8.70. The lowest BCUT2D eigenvalue weighted by atomic mass is 9.97. The first-order chi connectivity index (χ1) is 13.8. The summed E-state index contributed by atoms with van der Waals surface area (Å²) in [7, 11) is 0. The maximum absolute atomic E-state index is 13.5. The first kappa shape index (κ1) is 21.1. The van der Waals surface area contributed by atoms with Crippen molar-refractivity contribution >= 4 is 16.7 Å². The minimum atomic E-state index is -0.471. The lowest BCUT2D eigenvalue weighted by Gasteiger charge is -2.36. The van der Waals surface area contributed by atoms with Gasteiger partial charge in [-0.25, -0.2) is 5.06 Å². The maximum atomic E-state index is 13.5. The van der Waals surface area contributed by atoms with Gasteiger partial charge in [0.2, 0.25) is 5.91 Å². The Kier molecular flexibility index (Phi) is 6.39. The molecule has 0 N–H and O–H groups in total. The zero-order valence-electron chi connectivity index (χ0n) is 18.1. The van der Waals surface area contributed by atoms with Gasteiger partial charge in [0.25, 0.3) is 0 Å². The molecule has 152 valence electrons. The van der Waals surface area contributed by atoms with E-state index >= 15 is 0 Å². The number of carbonyl (C=O) groups excluding carboxylic acids is 1. The molecule has 0 aliphatic carbocycles.